The molecule has 2 saturated heterocycles. The van der Waals surface area contributed by atoms with E-state index in [1.807, 2.05) is 20.8 Å². The molecule has 0 aromatic heterocycles. The molecule has 2 rings (SSSR count). The first-order valence-corrected chi connectivity index (χ1v) is 6.71. The number of aliphatic hydroxyl groups is 1. The van der Waals surface area contributed by atoms with Crippen molar-refractivity contribution < 1.29 is 14.6 Å². The molecule has 5 heteroatoms. The lowest BCUT2D eigenvalue weighted by atomic mass is 9.87. The van der Waals surface area contributed by atoms with Crippen LogP contribution in [0.2, 0.25) is 0 Å². The van der Waals surface area contributed by atoms with Gasteiger partial charge >= 0.3 is 6.09 Å². The molecule has 0 radical (unpaired) electrons. The average molecular weight is 256 g/mol. The second-order valence-electron chi connectivity index (χ2n) is 6.63. The molecule has 3 N–H and O–H groups in total. The highest BCUT2D eigenvalue weighted by atomic mass is 16.6. The number of hydrogen-bond donors (Lipinski definition) is 3. The lowest BCUT2D eigenvalue weighted by Gasteiger charge is -2.37. The van der Waals surface area contributed by atoms with E-state index in [4.69, 9.17) is 4.74 Å². The molecule has 0 aromatic rings. The third kappa shape index (κ3) is 3.59. The zero-order valence-electron chi connectivity index (χ0n) is 11.5. The number of piperidine rings is 1. The van der Waals surface area contributed by atoms with Crippen molar-refractivity contribution in [2.45, 2.75) is 69.7 Å². The van der Waals surface area contributed by atoms with Gasteiger partial charge in [0, 0.05) is 18.6 Å². The van der Waals surface area contributed by atoms with Crippen molar-refractivity contribution in [3.05, 3.63) is 0 Å². The van der Waals surface area contributed by atoms with Crippen molar-refractivity contribution >= 4 is 6.09 Å². The maximum absolute atomic E-state index is 11.6. The Kier molecular flexibility index (Phi) is 3.56. The van der Waals surface area contributed by atoms with E-state index in [2.05, 4.69) is 10.6 Å². The molecule has 2 heterocycles. The van der Waals surface area contributed by atoms with E-state index >= 15 is 0 Å². The molecule has 0 saturated carbocycles. The highest BCUT2D eigenvalue weighted by Crippen LogP contribution is 2.33. The number of fused-ring (bicyclic) bond motifs is 2. The first-order chi connectivity index (χ1) is 8.26. The van der Waals surface area contributed by atoms with Gasteiger partial charge < -0.3 is 20.5 Å². The number of carbonyl (C=O) groups is 1. The Morgan fingerprint density at radius 3 is 2.44 bits per heavy atom. The molecule has 2 fully saturated rings. The number of hydrogen-bond acceptors (Lipinski definition) is 4. The van der Waals surface area contributed by atoms with Crippen LogP contribution < -0.4 is 10.6 Å². The molecule has 3 atom stereocenters. The minimum Gasteiger partial charge on any atom is -0.444 e. The summed E-state index contributed by atoms with van der Waals surface area (Å²) in [4.78, 5) is 11.6. The van der Waals surface area contributed by atoms with Crippen LogP contribution in [-0.4, -0.2) is 41.0 Å². The first kappa shape index (κ1) is 13.6. The number of ether oxygens (including phenoxy) is 1. The van der Waals surface area contributed by atoms with Gasteiger partial charge in [-0.25, -0.2) is 4.79 Å². The Balaban J connectivity index is 1.81. The lowest BCUT2D eigenvalue weighted by molar-refractivity contribution is -0.0103. The summed E-state index contributed by atoms with van der Waals surface area (Å²) >= 11 is 0. The van der Waals surface area contributed by atoms with Crippen LogP contribution in [0.5, 0.6) is 0 Å². The van der Waals surface area contributed by atoms with Gasteiger partial charge in [-0.15, -0.1) is 0 Å². The fourth-order valence-electron chi connectivity index (χ4n) is 2.92. The normalized spacial score (nSPS) is 35.3. The van der Waals surface area contributed by atoms with Crippen LogP contribution in [0, 0.1) is 0 Å². The maximum atomic E-state index is 11.6. The summed E-state index contributed by atoms with van der Waals surface area (Å²) in [5.74, 6) is 0. The topological polar surface area (TPSA) is 70.6 Å². The van der Waals surface area contributed by atoms with Gasteiger partial charge in [0.15, 0.2) is 0 Å². The summed E-state index contributed by atoms with van der Waals surface area (Å²) in [7, 11) is 0. The van der Waals surface area contributed by atoms with Crippen molar-refractivity contribution in [2.24, 2.45) is 0 Å². The number of alkyl carbamates (subject to hydrolysis) is 1. The Bertz CT molecular complexity index is 313. The van der Waals surface area contributed by atoms with Crippen molar-refractivity contribution in [2.75, 3.05) is 6.54 Å². The Hall–Kier alpha value is -0.810. The second kappa shape index (κ2) is 4.70. The molecule has 0 aliphatic carbocycles. The summed E-state index contributed by atoms with van der Waals surface area (Å²) < 4.78 is 5.17. The predicted molar refractivity (Wildman–Crippen MR) is 68.4 cm³/mol. The fourth-order valence-corrected chi connectivity index (χ4v) is 2.92. The highest BCUT2D eigenvalue weighted by Gasteiger charge is 2.42. The molecule has 2 aliphatic heterocycles. The van der Waals surface area contributed by atoms with E-state index in [9.17, 15) is 9.90 Å². The first-order valence-electron chi connectivity index (χ1n) is 6.71. The van der Waals surface area contributed by atoms with Crippen molar-refractivity contribution in [1.82, 2.24) is 10.6 Å². The van der Waals surface area contributed by atoms with Gasteiger partial charge in [0.2, 0.25) is 0 Å². The minimum absolute atomic E-state index is 0.274. The molecule has 104 valence electrons. The largest absolute Gasteiger partial charge is 0.444 e. The van der Waals surface area contributed by atoms with E-state index < -0.39 is 17.3 Å². The van der Waals surface area contributed by atoms with E-state index in [1.165, 1.54) is 0 Å². The monoisotopic (exact) mass is 256 g/mol. The summed E-state index contributed by atoms with van der Waals surface area (Å²) in [5, 5.41) is 16.6. The van der Waals surface area contributed by atoms with Gasteiger partial charge in [0.1, 0.15) is 5.60 Å². The quantitative estimate of drug-likeness (QED) is 0.693. The van der Waals surface area contributed by atoms with Gasteiger partial charge in [0.25, 0.3) is 0 Å². The number of rotatable bonds is 2. The van der Waals surface area contributed by atoms with Crippen LogP contribution in [0.15, 0.2) is 0 Å². The maximum Gasteiger partial charge on any atom is 0.407 e. The van der Waals surface area contributed by atoms with Gasteiger partial charge in [-0.3, -0.25) is 0 Å². The molecule has 1 unspecified atom stereocenters. The molecular formula is C13H24N2O3. The van der Waals surface area contributed by atoms with Gasteiger partial charge in [-0.2, -0.15) is 0 Å². The number of carbonyl (C=O) groups excluding carboxylic acids is 1. The van der Waals surface area contributed by atoms with Crippen LogP contribution >= 0.6 is 0 Å². The second-order valence-corrected chi connectivity index (χ2v) is 6.63. The average Bonchev–Trinajstić information content (AvgIpc) is 2.54. The smallest absolute Gasteiger partial charge is 0.407 e. The van der Waals surface area contributed by atoms with E-state index in [1.54, 1.807) is 0 Å². The number of amides is 1. The van der Waals surface area contributed by atoms with Crippen LogP contribution in [0.1, 0.15) is 46.5 Å². The van der Waals surface area contributed by atoms with Crippen LogP contribution in [0.4, 0.5) is 4.79 Å². The van der Waals surface area contributed by atoms with E-state index in [0.717, 1.165) is 12.8 Å². The molecule has 1 amide bonds. The molecule has 18 heavy (non-hydrogen) atoms. The molecule has 2 aliphatic rings. The van der Waals surface area contributed by atoms with E-state index in [-0.39, 0.29) is 6.54 Å². The lowest BCUT2D eigenvalue weighted by Crippen LogP contribution is -2.54. The molecule has 0 spiro atoms. The van der Waals surface area contributed by atoms with Gasteiger partial charge in [0.05, 0.1) is 5.60 Å². The van der Waals surface area contributed by atoms with E-state index in [0.29, 0.717) is 24.9 Å². The Morgan fingerprint density at radius 2 is 1.94 bits per heavy atom. The Morgan fingerprint density at radius 1 is 1.39 bits per heavy atom. The van der Waals surface area contributed by atoms with Crippen molar-refractivity contribution in [3.8, 4) is 0 Å². The molecular weight excluding hydrogens is 232 g/mol. The van der Waals surface area contributed by atoms with Gasteiger partial charge in [-0.1, -0.05) is 0 Å². The summed E-state index contributed by atoms with van der Waals surface area (Å²) in [5.41, 5.74) is -1.28. The molecule has 5 nitrogen and oxygen atoms in total. The summed E-state index contributed by atoms with van der Waals surface area (Å²) in [6, 6.07) is 0.795. The van der Waals surface area contributed by atoms with Crippen molar-refractivity contribution in [3.63, 3.8) is 0 Å². The standard InChI is InChI=1S/C13H24N2O3/c1-12(2,3)18-11(16)14-8-13(17)6-9-4-5-10(7-13)15-9/h9-10,15,17H,4-8H2,1-3H3,(H,14,16)/t9-,10+,13?. The van der Waals surface area contributed by atoms with Crippen LogP contribution in [0.3, 0.4) is 0 Å². The molecule has 2 bridgehead atoms. The highest BCUT2D eigenvalue weighted by molar-refractivity contribution is 5.67. The SMILES string of the molecule is CC(C)(C)OC(=O)NCC1(O)C[C@H]2CC[C@@H](C1)N2. The van der Waals surface area contributed by atoms with Gasteiger partial charge in [-0.05, 0) is 46.5 Å². The molecule has 0 aromatic carbocycles. The zero-order valence-corrected chi connectivity index (χ0v) is 11.5. The van der Waals surface area contributed by atoms with Crippen LogP contribution in [0.25, 0.3) is 0 Å². The van der Waals surface area contributed by atoms with Crippen molar-refractivity contribution in [1.29, 1.82) is 0 Å². The Labute approximate surface area is 108 Å². The minimum atomic E-state index is -0.784. The number of nitrogens with one attached hydrogen (secondary N) is 2. The fraction of sp³-hybridized carbons (Fsp3) is 0.923. The third-order valence-corrected chi connectivity index (χ3v) is 3.55. The summed E-state index contributed by atoms with van der Waals surface area (Å²) in [6.45, 7) is 5.75. The van der Waals surface area contributed by atoms with Crippen LogP contribution in [-0.2, 0) is 4.74 Å². The summed E-state index contributed by atoms with van der Waals surface area (Å²) in [6.07, 6.45) is 3.21. The zero-order chi connectivity index (χ0) is 13.4. The predicted octanol–water partition coefficient (Wildman–Crippen LogP) is 1.16. The third-order valence-electron chi connectivity index (χ3n) is 3.55.